The minimum atomic E-state index is -0.0203. The lowest BCUT2D eigenvalue weighted by atomic mass is 10.1. The van der Waals surface area contributed by atoms with Crippen molar-refractivity contribution >= 4 is 0 Å². The Morgan fingerprint density at radius 1 is 1.38 bits per heavy atom. The number of ether oxygens (including phenoxy) is 1. The molecule has 0 fully saturated rings. The van der Waals surface area contributed by atoms with E-state index in [2.05, 4.69) is 18.8 Å². The van der Waals surface area contributed by atoms with Gasteiger partial charge in [-0.25, -0.2) is 0 Å². The van der Waals surface area contributed by atoms with Crippen LogP contribution in [0.4, 0.5) is 0 Å². The Balaban J connectivity index is 2.43. The largest absolute Gasteiger partial charge is 0.492 e. The first-order chi connectivity index (χ1) is 7.63. The number of nitrogens with zero attached hydrogens (tertiary/aromatic N) is 1. The third-order valence-corrected chi connectivity index (χ3v) is 2.54. The van der Waals surface area contributed by atoms with Crippen LogP contribution in [-0.4, -0.2) is 11.6 Å². The SMILES string of the molecule is CCCC(C)COc1ccc([C@@H](C)N)nc1. The van der Waals surface area contributed by atoms with Crippen LogP contribution in [0.1, 0.15) is 45.3 Å². The number of hydrogen-bond donors (Lipinski definition) is 1. The summed E-state index contributed by atoms with van der Waals surface area (Å²) in [5.41, 5.74) is 6.62. The number of hydrogen-bond acceptors (Lipinski definition) is 3. The third-order valence-electron chi connectivity index (χ3n) is 2.54. The molecule has 0 aliphatic heterocycles. The third kappa shape index (κ3) is 4.19. The van der Waals surface area contributed by atoms with E-state index in [0.29, 0.717) is 5.92 Å². The van der Waals surface area contributed by atoms with Crippen LogP contribution in [0.3, 0.4) is 0 Å². The van der Waals surface area contributed by atoms with E-state index in [-0.39, 0.29) is 6.04 Å². The first-order valence-electron chi connectivity index (χ1n) is 5.97. The summed E-state index contributed by atoms with van der Waals surface area (Å²) < 4.78 is 5.65. The molecule has 2 N–H and O–H groups in total. The highest BCUT2D eigenvalue weighted by molar-refractivity contribution is 5.21. The van der Waals surface area contributed by atoms with Crippen LogP contribution in [-0.2, 0) is 0 Å². The van der Waals surface area contributed by atoms with Gasteiger partial charge in [0, 0.05) is 6.04 Å². The van der Waals surface area contributed by atoms with Gasteiger partial charge in [0.15, 0.2) is 0 Å². The normalized spacial score (nSPS) is 14.5. The van der Waals surface area contributed by atoms with E-state index in [1.54, 1.807) is 6.20 Å². The molecule has 1 unspecified atom stereocenters. The Kier molecular flexibility index (Phi) is 5.26. The number of aromatic nitrogens is 1. The van der Waals surface area contributed by atoms with Crippen molar-refractivity contribution in [1.29, 1.82) is 0 Å². The van der Waals surface area contributed by atoms with E-state index in [9.17, 15) is 0 Å². The molecule has 0 amide bonds. The van der Waals surface area contributed by atoms with Crippen LogP contribution < -0.4 is 10.5 Å². The smallest absolute Gasteiger partial charge is 0.137 e. The van der Waals surface area contributed by atoms with Gasteiger partial charge in [-0.1, -0.05) is 20.3 Å². The van der Waals surface area contributed by atoms with Crippen molar-refractivity contribution in [2.75, 3.05) is 6.61 Å². The fourth-order valence-corrected chi connectivity index (χ4v) is 1.56. The summed E-state index contributed by atoms with van der Waals surface area (Å²) in [5, 5.41) is 0. The average Bonchev–Trinajstić information content (AvgIpc) is 2.27. The van der Waals surface area contributed by atoms with Gasteiger partial charge in [-0.05, 0) is 31.4 Å². The average molecular weight is 222 g/mol. The molecule has 1 rings (SSSR count). The molecule has 0 spiro atoms. The summed E-state index contributed by atoms with van der Waals surface area (Å²) in [7, 11) is 0. The molecule has 90 valence electrons. The fourth-order valence-electron chi connectivity index (χ4n) is 1.56. The molecule has 1 heterocycles. The van der Waals surface area contributed by atoms with E-state index in [1.165, 1.54) is 12.8 Å². The molecule has 16 heavy (non-hydrogen) atoms. The first kappa shape index (κ1) is 13.0. The van der Waals surface area contributed by atoms with Crippen molar-refractivity contribution in [3.8, 4) is 5.75 Å². The quantitative estimate of drug-likeness (QED) is 0.805. The molecule has 1 aromatic rings. The van der Waals surface area contributed by atoms with Crippen molar-refractivity contribution < 1.29 is 4.74 Å². The maximum absolute atomic E-state index is 5.72. The fraction of sp³-hybridized carbons (Fsp3) is 0.615. The minimum Gasteiger partial charge on any atom is -0.492 e. The molecule has 0 aromatic carbocycles. The van der Waals surface area contributed by atoms with E-state index < -0.39 is 0 Å². The lowest BCUT2D eigenvalue weighted by Gasteiger charge is -2.12. The van der Waals surface area contributed by atoms with Crippen molar-refractivity contribution in [1.82, 2.24) is 4.98 Å². The van der Waals surface area contributed by atoms with Crippen molar-refractivity contribution in [2.24, 2.45) is 11.7 Å². The number of nitrogens with two attached hydrogens (primary N) is 1. The second kappa shape index (κ2) is 6.48. The second-order valence-corrected chi connectivity index (χ2v) is 4.41. The molecule has 0 aliphatic carbocycles. The van der Waals surface area contributed by atoms with Crippen LogP contribution in [0.25, 0.3) is 0 Å². The second-order valence-electron chi connectivity index (χ2n) is 4.41. The topological polar surface area (TPSA) is 48.1 Å². The van der Waals surface area contributed by atoms with Gasteiger partial charge < -0.3 is 10.5 Å². The Hall–Kier alpha value is -1.09. The van der Waals surface area contributed by atoms with E-state index in [4.69, 9.17) is 10.5 Å². The lowest BCUT2D eigenvalue weighted by molar-refractivity contribution is 0.250. The van der Waals surface area contributed by atoms with Gasteiger partial charge in [-0.2, -0.15) is 0 Å². The molecule has 0 radical (unpaired) electrons. The Morgan fingerprint density at radius 3 is 2.62 bits per heavy atom. The van der Waals surface area contributed by atoms with E-state index in [0.717, 1.165) is 18.1 Å². The highest BCUT2D eigenvalue weighted by Gasteiger charge is 2.04. The van der Waals surface area contributed by atoms with E-state index in [1.807, 2.05) is 19.1 Å². The summed E-state index contributed by atoms with van der Waals surface area (Å²) in [5.74, 6) is 1.42. The van der Waals surface area contributed by atoms with Crippen molar-refractivity contribution in [3.63, 3.8) is 0 Å². The predicted octanol–water partition coefficient (Wildman–Crippen LogP) is 2.92. The van der Waals surface area contributed by atoms with E-state index >= 15 is 0 Å². The minimum absolute atomic E-state index is 0.0203. The maximum atomic E-state index is 5.72. The molecule has 1 aromatic heterocycles. The van der Waals surface area contributed by atoms with Crippen LogP contribution in [0.15, 0.2) is 18.3 Å². The number of pyridine rings is 1. The molecule has 3 heteroatoms. The standard InChI is InChI=1S/C13H22N2O/c1-4-5-10(2)9-16-12-6-7-13(11(3)14)15-8-12/h6-8,10-11H,4-5,9,14H2,1-3H3/t10?,11-/m1/s1. The van der Waals surface area contributed by atoms with Gasteiger partial charge in [0.05, 0.1) is 18.5 Å². The molecule has 0 saturated carbocycles. The molecular formula is C13H22N2O. The Bertz CT molecular complexity index is 295. The molecule has 0 aliphatic rings. The van der Waals surface area contributed by atoms with Crippen LogP contribution in [0, 0.1) is 5.92 Å². The monoisotopic (exact) mass is 222 g/mol. The highest BCUT2D eigenvalue weighted by Crippen LogP contribution is 2.14. The van der Waals surface area contributed by atoms with Gasteiger partial charge in [0.2, 0.25) is 0 Å². The molecule has 3 nitrogen and oxygen atoms in total. The highest BCUT2D eigenvalue weighted by atomic mass is 16.5. The molecule has 0 saturated heterocycles. The van der Waals surface area contributed by atoms with Crippen LogP contribution >= 0.6 is 0 Å². The first-order valence-corrected chi connectivity index (χ1v) is 5.97. The van der Waals surface area contributed by atoms with Crippen molar-refractivity contribution in [2.45, 2.75) is 39.7 Å². The Labute approximate surface area is 98.0 Å². The zero-order valence-electron chi connectivity index (χ0n) is 10.4. The summed E-state index contributed by atoms with van der Waals surface area (Å²) in [6, 6.07) is 3.84. The summed E-state index contributed by atoms with van der Waals surface area (Å²) in [6.07, 6.45) is 4.15. The van der Waals surface area contributed by atoms with Gasteiger partial charge in [-0.15, -0.1) is 0 Å². The maximum Gasteiger partial charge on any atom is 0.137 e. The van der Waals surface area contributed by atoms with Crippen LogP contribution in [0.5, 0.6) is 5.75 Å². The van der Waals surface area contributed by atoms with Crippen LogP contribution in [0.2, 0.25) is 0 Å². The van der Waals surface area contributed by atoms with Gasteiger partial charge in [0.1, 0.15) is 5.75 Å². The molecule has 0 bridgehead atoms. The van der Waals surface area contributed by atoms with Gasteiger partial charge in [0.25, 0.3) is 0 Å². The molecular weight excluding hydrogens is 200 g/mol. The van der Waals surface area contributed by atoms with Crippen molar-refractivity contribution in [3.05, 3.63) is 24.0 Å². The summed E-state index contributed by atoms with van der Waals surface area (Å²) in [4.78, 5) is 4.25. The predicted molar refractivity (Wildman–Crippen MR) is 66.4 cm³/mol. The summed E-state index contributed by atoms with van der Waals surface area (Å²) in [6.45, 7) is 7.07. The van der Waals surface area contributed by atoms with Gasteiger partial charge >= 0.3 is 0 Å². The van der Waals surface area contributed by atoms with Gasteiger partial charge in [-0.3, -0.25) is 4.98 Å². The zero-order valence-corrected chi connectivity index (χ0v) is 10.4. The lowest BCUT2D eigenvalue weighted by Crippen LogP contribution is -2.10. The molecule has 2 atom stereocenters. The number of rotatable bonds is 6. The zero-order chi connectivity index (χ0) is 12.0. The Morgan fingerprint density at radius 2 is 2.12 bits per heavy atom. The summed E-state index contributed by atoms with van der Waals surface area (Å²) >= 11 is 0.